The van der Waals surface area contributed by atoms with Gasteiger partial charge in [0.05, 0.1) is 52.9 Å². The summed E-state index contributed by atoms with van der Waals surface area (Å²) in [5, 5.41) is 6.07. The Labute approximate surface area is 149 Å². The van der Waals surface area contributed by atoms with E-state index in [9.17, 15) is 4.79 Å². The van der Waals surface area contributed by atoms with Crippen LogP contribution in [0.5, 0.6) is 0 Å². The minimum atomic E-state index is 0. The standard InChI is InChI=1S/C17H36N2O5.2H2/c1-15(2)17(20)19-6-8-22-10-12-24-14-13-23-11-9-21-7-5-18-16(3)4;;/h15-16,18H,5-14H2,1-4H3,(H,19,20);2*1H. The van der Waals surface area contributed by atoms with Crippen LogP contribution in [0.2, 0.25) is 0 Å². The van der Waals surface area contributed by atoms with Gasteiger partial charge in [-0.25, -0.2) is 0 Å². The van der Waals surface area contributed by atoms with E-state index in [1.165, 1.54) is 0 Å². The van der Waals surface area contributed by atoms with Crippen LogP contribution in [0.25, 0.3) is 0 Å². The molecule has 0 fully saturated rings. The highest BCUT2D eigenvalue weighted by Crippen LogP contribution is 1.89. The highest BCUT2D eigenvalue weighted by Gasteiger charge is 2.04. The molecular weight excluding hydrogens is 312 g/mol. The van der Waals surface area contributed by atoms with E-state index in [2.05, 4.69) is 24.5 Å². The van der Waals surface area contributed by atoms with Crippen LogP contribution in [0.4, 0.5) is 0 Å². The summed E-state index contributed by atoms with van der Waals surface area (Å²) >= 11 is 0. The van der Waals surface area contributed by atoms with Crippen molar-refractivity contribution >= 4 is 5.91 Å². The Kier molecular flexibility index (Phi) is 16.6. The first kappa shape index (κ1) is 23.3. The number of hydrogen-bond donors (Lipinski definition) is 2. The quantitative estimate of drug-likeness (QED) is 0.384. The number of nitrogens with one attached hydrogen (secondary N) is 2. The van der Waals surface area contributed by atoms with Crippen LogP contribution in [0.3, 0.4) is 0 Å². The molecule has 2 N–H and O–H groups in total. The number of hydrogen-bond acceptors (Lipinski definition) is 6. The molecule has 7 heteroatoms. The largest absolute Gasteiger partial charge is 0.378 e. The van der Waals surface area contributed by atoms with E-state index in [1.807, 2.05) is 13.8 Å². The van der Waals surface area contributed by atoms with Gasteiger partial charge in [-0.05, 0) is 0 Å². The summed E-state index contributed by atoms with van der Waals surface area (Å²) in [4.78, 5) is 11.3. The van der Waals surface area contributed by atoms with Gasteiger partial charge >= 0.3 is 0 Å². The summed E-state index contributed by atoms with van der Waals surface area (Å²) in [5.74, 6) is 0.0580. The Morgan fingerprint density at radius 1 is 0.750 bits per heavy atom. The molecule has 0 aromatic rings. The predicted molar refractivity (Wildman–Crippen MR) is 98.5 cm³/mol. The minimum Gasteiger partial charge on any atom is -0.378 e. The lowest BCUT2D eigenvalue weighted by molar-refractivity contribution is -0.124. The van der Waals surface area contributed by atoms with Crippen LogP contribution < -0.4 is 10.6 Å². The molecule has 0 radical (unpaired) electrons. The highest BCUT2D eigenvalue weighted by molar-refractivity contribution is 5.77. The Hall–Kier alpha value is -0.730. The third kappa shape index (κ3) is 17.6. The van der Waals surface area contributed by atoms with Crippen molar-refractivity contribution in [1.82, 2.24) is 10.6 Å². The molecule has 0 saturated heterocycles. The second-order valence-corrected chi connectivity index (χ2v) is 6.00. The molecule has 0 rings (SSSR count). The lowest BCUT2D eigenvalue weighted by Crippen LogP contribution is -2.31. The summed E-state index contributed by atoms with van der Waals surface area (Å²) < 4.78 is 21.6. The molecule has 0 spiro atoms. The Bertz CT molecular complexity index is 298. The Balaban J connectivity index is -0.00000264. The third-order valence-corrected chi connectivity index (χ3v) is 2.99. The van der Waals surface area contributed by atoms with E-state index in [4.69, 9.17) is 18.9 Å². The third-order valence-electron chi connectivity index (χ3n) is 2.99. The minimum absolute atomic E-state index is 0. The van der Waals surface area contributed by atoms with E-state index >= 15 is 0 Å². The van der Waals surface area contributed by atoms with E-state index in [1.54, 1.807) is 0 Å². The van der Waals surface area contributed by atoms with Crippen molar-refractivity contribution in [2.45, 2.75) is 33.7 Å². The monoisotopic (exact) mass is 352 g/mol. The van der Waals surface area contributed by atoms with E-state index in [-0.39, 0.29) is 14.7 Å². The smallest absolute Gasteiger partial charge is 0.222 e. The van der Waals surface area contributed by atoms with Crippen molar-refractivity contribution in [1.29, 1.82) is 0 Å². The molecular formula is C17H40N2O5. The Morgan fingerprint density at radius 3 is 1.58 bits per heavy atom. The van der Waals surface area contributed by atoms with Crippen molar-refractivity contribution in [3.05, 3.63) is 0 Å². The lowest BCUT2D eigenvalue weighted by atomic mass is 10.2. The molecule has 0 aromatic heterocycles. The van der Waals surface area contributed by atoms with Gasteiger partial charge in [0.1, 0.15) is 0 Å². The fourth-order valence-electron chi connectivity index (χ4n) is 1.63. The first-order valence-corrected chi connectivity index (χ1v) is 8.86. The van der Waals surface area contributed by atoms with Gasteiger partial charge in [-0.2, -0.15) is 0 Å². The van der Waals surface area contributed by atoms with Crippen LogP contribution in [0.1, 0.15) is 30.5 Å². The van der Waals surface area contributed by atoms with Crippen molar-refractivity contribution in [2.24, 2.45) is 5.92 Å². The number of amides is 1. The topological polar surface area (TPSA) is 78.1 Å². The van der Waals surface area contributed by atoms with Gasteiger partial charge in [-0.3, -0.25) is 4.79 Å². The first-order valence-electron chi connectivity index (χ1n) is 8.86. The molecule has 24 heavy (non-hydrogen) atoms. The molecule has 0 unspecified atom stereocenters. The SMILES string of the molecule is CC(C)NCCOCCOCCOCCOCCNC(=O)C(C)C.[HH].[HH]. The summed E-state index contributed by atoms with van der Waals surface area (Å²) in [6.07, 6.45) is 0. The van der Waals surface area contributed by atoms with Crippen LogP contribution in [0.15, 0.2) is 0 Å². The fourth-order valence-corrected chi connectivity index (χ4v) is 1.63. The van der Waals surface area contributed by atoms with Crippen molar-refractivity contribution in [3.8, 4) is 0 Å². The van der Waals surface area contributed by atoms with Gasteiger partial charge in [0.2, 0.25) is 5.91 Å². The zero-order valence-corrected chi connectivity index (χ0v) is 15.8. The molecule has 0 aliphatic rings. The highest BCUT2D eigenvalue weighted by atomic mass is 16.6. The average Bonchev–Trinajstić information content (AvgIpc) is 2.53. The number of rotatable bonds is 17. The summed E-state index contributed by atoms with van der Waals surface area (Å²) in [7, 11) is 0. The molecule has 0 aliphatic carbocycles. The maximum Gasteiger partial charge on any atom is 0.222 e. The zero-order valence-electron chi connectivity index (χ0n) is 15.8. The maximum atomic E-state index is 11.3. The van der Waals surface area contributed by atoms with Crippen LogP contribution in [0, 0.1) is 5.92 Å². The van der Waals surface area contributed by atoms with Gasteiger partial charge in [-0.1, -0.05) is 27.7 Å². The average molecular weight is 353 g/mol. The van der Waals surface area contributed by atoms with Gasteiger partial charge in [0.15, 0.2) is 0 Å². The fraction of sp³-hybridized carbons (Fsp3) is 0.941. The van der Waals surface area contributed by atoms with Gasteiger partial charge in [0.25, 0.3) is 0 Å². The molecule has 0 aliphatic heterocycles. The number of carbonyl (C=O) groups is 1. The van der Waals surface area contributed by atoms with E-state index < -0.39 is 0 Å². The zero-order chi connectivity index (χ0) is 18.0. The Morgan fingerprint density at radius 2 is 1.17 bits per heavy atom. The van der Waals surface area contributed by atoms with E-state index in [0.29, 0.717) is 65.4 Å². The second-order valence-electron chi connectivity index (χ2n) is 6.00. The summed E-state index contributed by atoms with van der Waals surface area (Å²) in [5.41, 5.74) is 0. The first-order chi connectivity index (χ1) is 11.5. The number of ether oxygens (including phenoxy) is 4. The van der Waals surface area contributed by atoms with Gasteiger partial charge in [0, 0.05) is 27.9 Å². The maximum absolute atomic E-state index is 11.3. The van der Waals surface area contributed by atoms with Gasteiger partial charge in [-0.15, -0.1) is 0 Å². The number of carbonyl (C=O) groups excluding carboxylic acids is 1. The molecule has 148 valence electrons. The van der Waals surface area contributed by atoms with Crippen LogP contribution >= 0.6 is 0 Å². The molecule has 1 amide bonds. The summed E-state index contributed by atoms with van der Waals surface area (Å²) in [6, 6.07) is 0.491. The molecule has 0 atom stereocenters. The molecule has 0 saturated carbocycles. The lowest BCUT2D eigenvalue weighted by Gasteiger charge is -2.09. The normalized spacial score (nSPS) is 11.4. The van der Waals surface area contributed by atoms with E-state index in [0.717, 1.165) is 6.54 Å². The van der Waals surface area contributed by atoms with Crippen molar-refractivity contribution in [3.63, 3.8) is 0 Å². The predicted octanol–water partition coefficient (Wildman–Crippen LogP) is 1.32. The molecule has 0 aromatic carbocycles. The molecule has 0 bridgehead atoms. The molecule has 7 nitrogen and oxygen atoms in total. The van der Waals surface area contributed by atoms with Crippen molar-refractivity contribution in [2.75, 3.05) is 65.9 Å². The van der Waals surface area contributed by atoms with Gasteiger partial charge < -0.3 is 29.6 Å². The molecule has 0 heterocycles. The van der Waals surface area contributed by atoms with Crippen molar-refractivity contribution < 1.29 is 26.6 Å². The van der Waals surface area contributed by atoms with Crippen LogP contribution in [-0.4, -0.2) is 77.9 Å². The summed E-state index contributed by atoms with van der Waals surface area (Å²) in [6.45, 7) is 13.9. The second kappa shape index (κ2) is 17.1. The van der Waals surface area contributed by atoms with Crippen LogP contribution in [-0.2, 0) is 23.7 Å².